The SMILES string of the molecule is C=C(C)[C@@H]1CCC(C)(C)[C@H]1C=O. The number of allylic oxidation sites excluding steroid dienone is 1. The highest BCUT2D eigenvalue weighted by atomic mass is 16.1. The average molecular weight is 166 g/mol. The number of carbonyl (C=O) groups excluding carboxylic acids is 1. The van der Waals surface area contributed by atoms with E-state index < -0.39 is 0 Å². The van der Waals surface area contributed by atoms with Crippen LogP contribution in [-0.4, -0.2) is 6.29 Å². The van der Waals surface area contributed by atoms with Crippen LogP contribution in [0.25, 0.3) is 0 Å². The normalized spacial score (nSPS) is 33.2. The number of aldehydes is 1. The van der Waals surface area contributed by atoms with Crippen LogP contribution in [0.2, 0.25) is 0 Å². The molecule has 0 saturated heterocycles. The predicted octanol–water partition coefficient (Wildman–Crippen LogP) is 2.81. The zero-order valence-electron chi connectivity index (χ0n) is 8.26. The summed E-state index contributed by atoms with van der Waals surface area (Å²) in [5, 5.41) is 0. The minimum Gasteiger partial charge on any atom is -0.303 e. The molecule has 1 saturated carbocycles. The third kappa shape index (κ3) is 1.45. The Bertz CT molecular complexity index is 203. The van der Waals surface area contributed by atoms with Crippen molar-refractivity contribution in [3.05, 3.63) is 12.2 Å². The summed E-state index contributed by atoms with van der Waals surface area (Å²) in [6, 6.07) is 0. The van der Waals surface area contributed by atoms with Gasteiger partial charge >= 0.3 is 0 Å². The van der Waals surface area contributed by atoms with Gasteiger partial charge in [-0.2, -0.15) is 0 Å². The van der Waals surface area contributed by atoms with Crippen LogP contribution in [0.15, 0.2) is 12.2 Å². The molecule has 0 aromatic rings. The zero-order chi connectivity index (χ0) is 9.35. The summed E-state index contributed by atoms with van der Waals surface area (Å²) in [4.78, 5) is 10.9. The fraction of sp³-hybridized carbons (Fsp3) is 0.727. The van der Waals surface area contributed by atoms with E-state index in [1.807, 2.05) is 6.92 Å². The van der Waals surface area contributed by atoms with Gasteiger partial charge in [0.25, 0.3) is 0 Å². The summed E-state index contributed by atoms with van der Waals surface area (Å²) in [6.07, 6.45) is 3.39. The predicted molar refractivity (Wildman–Crippen MR) is 50.9 cm³/mol. The van der Waals surface area contributed by atoms with Crippen molar-refractivity contribution in [1.82, 2.24) is 0 Å². The quantitative estimate of drug-likeness (QED) is 0.455. The first-order valence-corrected chi connectivity index (χ1v) is 4.60. The molecule has 0 spiro atoms. The van der Waals surface area contributed by atoms with Gasteiger partial charge in [-0.25, -0.2) is 0 Å². The minimum absolute atomic E-state index is 0.186. The Morgan fingerprint density at radius 2 is 2.17 bits per heavy atom. The molecule has 2 atom stereocenters. The van der Waals surface area contributed by atoms with Crippen molar-refractivity contribution in [3.8, 4) is 0 Å². The first-order valence-electron chi connectivity index (χ1n) is 4.60. The van der Waals surface area contributed by atoms with Gasteiger partial charge in [0.05, 0.1) is 0 Å². The second-order valence-electron chi connectivity index (χ2n) is 4.64. The molecule has 0 bridgehead atoms. The molecular formula is C11H18O. The maximum atomic E-state index is 10.9. The van der Waals surface area contributed by atoms with Crippen LogP contribution in [-0.2, 0) is 4.79 Å². The third-order valence-electron chi connectivity index (χ3n) is 3.22. The van der Waals surface area contributed by atoms with Gasteiger partial charge in [0.1, 0.15) is 6.29 Å². The van der Waals surface area contributed by atoms with Crippen LogP contribution in [0.1, 0.15) is 33.6 Å². The molecular weight excluding hydrogens is 148 g/mol. The van der Waals surface area contributed by atoms with Gasteiger partial charge in [0, 0.05) is 5.92 Å². The lowest BCUT2D eigenvalue weighted by Crippen LogP contribution is -2.23. The van der Waals surface area contributed by atoms with E-state index in [1.54, 1.807) is 0 Å². The standard InChI is InChI=1S/C11H18O/c1-8(2)9-5-6-11(3,4)10(9)7-12/h7,9-10H,1,5-6H2,2-4H3/t9-,10-/m0/s1. The summed E-state index contributed by atoms with van der Waals surface area (Å²) in [5.41, 5.74) is 1.35. The van der Waals surface area contributed by atoms with Crippen LogP contribution >= 0.6 is 0 Å². The second kappa shape index (κ2) is 3.04. The summed E-state index contributed by atoms with van der Waals surface area (Å²) in [6.45, 7) is 10.3. The Balaban J connectivity index is 2.83. The molecule has 1 aliphatic rings. The lowest BCUT2D eigenvalue weighted by atomic mass is 9.78. The summed E-state index contributed by atoms with van der Waals surface area (Å²) in [7, 11) is 0. The highest BCUT2D eigenvalue weighted by molar-refractivity contribution is 5.57. The molecule has 1 fully saturated rings. The van der Waals surface area contributed by atoms with Crippen LogP contribution in [0, 0.1) is 17.3 Å². The van der Waals surface area contributed by atoms with Gasteiger partial charge in [0.2, 0.25) is 0 Å². The molecule has 1 rings (SSSR count). The number of hydrogen-bond donors (Lipinski definition) is 0. The lowest BCUT2D eigenvalue weighted by Gasteiger charge is -2.25. The van der Waals surface area contributed by atoms with Gasteiger partial charge in [0.15, 0.2) is 0 Å². The van der Waals surface area contributed by atoms with Crippen molar-refractivity contribution >= 4 is 6.29 Å². The molecule has 0 radical (unpaired) electrons. The Hall–Kier alpha value is -0.590. The van der Waals surface area contributed by atoms with E-state index >= 15 is 0 Å². The second-order valence-corrected chi connectivity index (χ2v) is 4.64. The van der Waals surface area contributed by atoms with Crippen LogP contribution in [0.3, 0.4) is 0 Å². The van der Waals surface area contributed by atoms with E-state index in [1.165, 1.54) is 0 Å². The van der Waals surface area contributed by atoms with Crippen molar-refractivity contribution in [2.24, 2.45) is 17.3 Å². The van der Waals surface area contributed by atoms with E-state index in [0.717, 1.165) is 24.7 Å². The Kier molecular flexibility index (Phi) is 2.41. The first-order chi connectivity index (χ1) is 5.49. The summed E-state index contributed by atoms with van der Waals surface area (Å²) in [5.74, 6) is 0.618. The molecule has 12 heavy (non-hydrogen) atoms. The molecule has 68 valence electrons. The van der Waals surface area contributed by atoms with E-state index in [9.17, 15) is 4.79 Å². The fourth-order valence-electron chi connectivity index (χ4n) is 2.25. The minimum atomic E-state index is 0.186. The molecule has 1 heteroatoms. The van der Waals surface area contributed by atoms with Gasteiger partial charge in [-0.3, -0.25) is 0 Å². The Labute approximate surface area is 74.9 Å². The molecule has 1 nitrogen and oxygen atoms in total. The van der Waals surface area contributed by atoms with Crippen LogP contribution in [0.4, 0.5) is 0 Å². The largest absolute Gasteiger partial charge is 0.303 e. The number of rotatable bonds is 2. The van der Waals surface area contributed by atoms with Crippen molar-refractivity contribution in [3.63, 3.8) is 0 Å². The summed E-state index contributed by atoms with van der Waals surface area (Å²) < 4.78 is 0. The maximum absolute atomic E-state index is 10.9. The van der Waals surface area contributed by atoms with Gasteiger partial charge in [-0.1, -0.05) is 26.0 Å². The molecule has 1 aliphatic carbocycles. The molecule has 0 heterocycles. The van der Waals surface area contributed by atoms with Crippen LogP contribution in [0.5, 0.6) is 0 Å². The molecule has 0 aliphatic heterocycles. The van der Waals surface area contributed by atoms with E-state index in [4.69, 9.17) is 0 Å². The third-order valence-corrected chi connectivity index (χ3v) is 3.22. The first kappa shape index (κ1) is 9.50. The van der Waals surface area contributed by atoms with Gasteiger partial charge in [-0.15, -0.1) is 0 Å². The molecule has 0 aromatic heterocycles. The van der Waals surface area contributed by atoms with Crippen molar-refractivity contribution < 1.29 is 4.79 Å². The van der Waals surface area contributed by atoms with E-state index in [0.29, 0.717) is 5.92 Å². The lowest BCUT2D eigenvalue weighted by molar-refractivity contribution is -0.114. The Morgan fingerprint density at radius 3 is 2.50 bits per heavy atom. The monoisotopic (exact) mass is 166 g/mol. The van der Waals surface area contributed by atoms with Crippen molar-refractivity contribution in [2.45, 2.75) is 33.6 Å². The van der Waals surface area contributed by atoms with E-state index in [-0.39, 0.29) is 11.3 Å². The van der Waals surface area contributed by atoms with Crippen molar-refractivity contribution in [1.29, 1.82) is 0 Å². The molecule has 0 amide bonds. The smallest absolute Gasteiger partial charge is 0.124 e. The summed E-state index contributed by atoms with van der Waals surface area (Å²) >= 11 is 0. The molecule has 0 N–H and O–H groups in total. The molecule has 0 unspecified atom stereocenters. The fourth-order valence-corrected chi connectivity index (χ4v) is 2.25. The zero-order valence-corrected chi connectivity index (χ0v) is 8.26. The van der Waals surface area contributed by atoms with Gasteiger partial charge < -0.3 is 4.79 Å². The number of hydrogen-bond acceptors (Lipinski definition) is 1. The number of carbonyl (C=O) groups is 1. The maximum Gasteiger partial charge on any atom is 0.124 e. The topological polar surface area (TPSA) is 17.1 Å². The van der Waals surface area contributed by atoms with Crippen LogP contribution < -0.4 is 0 Å². The van der Waals surface area contributed by atoms with Crippen molar-refractivity contribution in [2.75, 3.05) is 0 Å². The van der Waals surface area contributed by atoms with Gasteiger partial charge in [-0.05, 0) is 31.1 Å². The van der Waals surface area contributed by atoms with E-state index in [2.05, 4.69) is 20.4 Å². The Morgan fingerprint density at radius 1 is 1.58 bits per heavy atom. The highest BCUT2D eigenvalue weighted by Gasteiger charge is 2.41. The highest BCUT2D eigenvalue weighted by Crippen LogP contribution is 2.47. The molecule has 0 aromatic carbocycles. The average Bonchev–Trinajstić information content (AvgIpc) is 2.24.